The predicted octanol–water partition coefficient (Wildman–Crippen LogP) is 2.95. The number of aromatic hydroxyl groups is 1. The third-order valence-electron chi connectivity index (χ3n) is 3.56. The van der Waals surface area contributed by atoms with Crippen molar-refractivity contribution in [2.45, 2.75) is 0 Å². The number of carbonyl (C=O) groups excluding carboxylic acids is 2. The van der Waals surface area contributed by atoms with E-state index >= 15 is 0 Å². The summed E-state index contributed by atoms with van der Waals surface area (Å²) in [5.74, 6) is -0.240. The normalized spacial score (nSPS) is 15.4. The van der Waals surface area contributed by atoms with E-state index in [2.05, 4.69) is 5.43 Å². The number of benzene rings is 2. The maximum Gasteiger partial charge on any atom is 0.285 e. The van der Waals surface area contributed by atoms with Gasteiger partial charge in [0.1, 0.15) is 11.5 Å². The van der Waals surface area contributed by atoms with Crippen LogP contribution in [0.15, 0.2) is 53.4 Å². The quantitative estimate of drug-likeness (QED) is 0.621. The first-order valence-corrected chi connectivity index (χ1v) is 8.73. The molecule has 2 amide bonds. The zero-order valence-electron chi connectivity index (χ0n) is 13.6. The number of rotatable bonds is 4. The average Bonchev–Trinajstić information content (AvgIpc) is 2.90. The molecular formula is C18H14N2O4S2. The zero-order valence-corrected chi connectivity index (χ0v) is 15.3. The molecule has 0 saturated carbocycles. The molecule has 132 valence electrons. The maximum absolute atomic E-state index is 12.6. The minimum atomic E-state index is -0.500. The van der Waals surface area contributed by atoms with Gasteiger partial charge in [0.15, 0.2) is 4.32 Å². The Hall–Kier alpha value is -2.84. The molecule has 0 atom stereocenters. The molecule has 0 aromatic heterocycles. The summed E-state index contributed by atoms with van der Waals surface area (Å²) in [5.41, 5.74) is 3.52. The molecule has 1 fully saturated rings. The van der Waals surface area contributed by atoms with E-state index in [1.165, 1.54) is 24.3 Å². The van der Waals surface area contributed by atoms with Crippen LogP contribution in [0, 0.1) is 0 Å². The summed E-state index contributed by atoms with van der Waals surface area (Å²) in [7, 11) is 1.55. The fourth-order valence-electron chi connectivity index (χ4n) is 2.27. The third kappa shape index (κ3) is 3.71. The summed E-state index contributed by atoms with van der Waals surface area (Å²) in [6, 6.07) is 13.0. The number of para-hydroxylation sites is 1. The second-order valence-corrected chi connectivity index (χ2v) is 6.92. The van der Waals surface area contributed by atoms with E-state index in [9.17, 15) is 14.7 Å². The SMILES string of the molecule is COc1ccccc1/C=C1\SC(=S)N(NC(=O)c2ccc(O)cc2)C1=O. The summed E-state index contributed by atoms with van der Waals surface area (Å²) < 4.78 is 5.50. The highest BCUT2D eigenvalue weighted by Gasteiger charge is 2.34. The molecule has 8 heteroatoms. The molecule has 0 spiro atoms. The summed E-state index contributed by atoms with van der Waals surface area (Å²) in [6.45, 7) is 0. The number of phenols is 1. The second kappa shape index (κ2) is 7.59. The van der Waals surface area contributed by atoms with Crippen molar-refractivity contribution in [2.75, 3.05) is 7.11 Å². The van der Waals surface area contributed by atoms with Gasteiger partial charge in [0.25, 0.3) is 11.8 Å². The lowest BCUT2D eigenvalue weighted by Gasteiger charge is -2.15. The van der Waals surface area contributed by atoms with Gasteiger partial charge < -0.3 is 9.84 Å². The van der Waals surface area contributed by atoms with Gasteiger partial charge in [-0.05, 0) is 48.6 Å². The van der Waals surface area contributed by atoms with E-state index in [-0.39, 0.29) is 10.1 Å². The van der Waals surface area contributed by atoms with Gasteiger partial charge in [-0.3, -0.25) is 15.0 Å². The monoisotopic (exact) mass is 386 g/mol. The molecule has 0 radical (unpaired) electrons. The number of thiocarbonyl (C=S) groups is 1. The van der Waals surface area contributed by atoms with Crippen molar-refractivity contribution in [3.8, 4) is 11.5 Å². The number of nitrogens with zero attached hydrogens (tertiary/aromatic N) is 1. The van der Waals surface area contributed by atoms with Crippen molar-refractivity contribution in [3.05, 3.63) is 64.6 Å². The number of amides is 2. The van der Waals surface area contributed by atoms with Crippen molar-refractivity contribution in [2.24, 2.45) is 0 Å². The van der Waals surface area contributed by atoms with Gasteiger partial charge in [-0.1, -0.05) is 30.0 Å². The van der Waals surface area contributed by atoms with Crippen molar-refractivity contribution in [1.82, 2.24) is 10.4 Å². The van der Waals surface area contributed by atoms with Crippen LogP contribution in [0.1, 0.15) is 15.9 Å². The van der Waals surface area contributed by atoms with Crippen LogP contribution in [0.3, 0.4) is 0 Å². The van der Waals surface area contributed by atoms with Gasteiger partial charge in [0.2, 0.25) is 0 Å². The predicted molar refractivity (Wildman–Crippen MR) is 104 cm³/mol. The molecule has 26 heavy (non-hydrogen) atoms. The van der Waals surface area contributed by atoms with Crippen molar-refractivity contribution >= 4 is 46.2 Å². The highest BCUT2D eigenvalue weighted by molar-refractivity contribution is 8.26. The van der Waals surface area contributed by atoms with Crippen LogP contribution in [0.5, 0.6) is 11.5 Å². The number of hydrazine groups is 1. The van der Waals surface area contributed by atoms with Crippen LogP contribution in [-0.4, -0.2) is 33.4 Å². The number of hydrogen-bond acceptors (Lipinski definition) is 6. The summed E-state index contributed by atoms with van der Waals surface area (Å²) in [5, 5.41) is 10.3. The van der Waals surface area contributed by atoms with E-state index in [4.69, 9.17) is 17.0 Å². The third-order valence-corrected chi connectivity index (χ3v) is 4.86. The smallest absolute Gasteiger partial charge is 0.285 e. The molecular weight excluding hydrogens is 372 g/mol. The summed E-state index contributed by atoms with van der Waals surface area (Å²) in [4.78, 5) is 25.2. The lowest BCUT2D eigenvalue weighted by Crippen LogP contribution is -2.44. The topological polar surface area (TPSA) is 78.9 Å². The average molecular weight is 386 g/mol. The lowest BCUT2D eigenvalue weighted by atomic mass is 10.2. The molecule has 0 aliphatic carbocycles. The minimum Gasteiger partial charge on any atom is -0.508 e. The van der Waals surface area contributed by atoms with Gasteiger partial charge in [-0.2, -0.15) is 5.01 Å². The minimum absolute atomic E-state index is 0.0481. The lowest BCUT2D eigenvalue weighted by molar-refractivity contribution is -0.123. The van der Waals surface area contributed by atoms with Gasteiger partial charge in [0.05, 0.1) is 12.0 Å². The zero-order chi connectivity index (χ0) is 18.7. The van der Waals surface area contributed by atoms with Crippen LogP contribution in [-0.2, 0) is 4.79 Å². The Morgan fingerprint density at radius 2 is 1.92 bits per heavy atom. The molecule has 1 heterocycles. The van der Waals surface area contributed by atoms with E-state index in [1.54, 1.807) is 19.3 Å². The van der Waals surface area contributed by atoms with E-state index in [0.717, 1.165) is 22.3 Å². The van der Waals surface area contributed by atoms with Crippen LogP contribution >= 0.6 is 24.0 Å². The Balaban J connectivity index is 1.79. The fourth-order valence-corrected chi connectivity index (χ4v) is 3.44. The van der Waals surface area contributed by atoms with Gasteiger partial charge >= 0.3 is 0 Å². The van der Waals surface area contributed by atoms with E-state index in [0.29, 0.717) is 16.2 Å². The Labute approximate surface area is 159 Å². The number of hydrogen-bond donors (Lipinski definition) is 2. The first kappa shape index (κ1) is 18.0. The summed E-state index contributed by atoms with van der Waals surface area (Å²) in [6.07, 6.45) is 1.67. The number of phenolic OH excluding ortho intramolecular Hbond substituents is 1. The number of methoxy groups -OCH3 is 1. The van der Waals surface area contributed by atoms with Gasteiger partial charge in [-0.15, -0.1) is 0 Å². The molecule has 2 aromatic rings. The summed E-state index contributed by atoms with van der Waals surface area (Å²) >= 11 is 6.30. The van der Waals surface area contributed by atoms with Gasteiger partial charge in [-0.25, -0.2) is 0 Å². The number of carbonyl (C=O) groups is 2. The van der Waals surface area contributed by atoms with Gasteiger partial charge in [0, 0.05) is 11.1 Å². The molecule has 6 nitrogen and oxygen atoms in total. The first-order chi connectivity index (χ1) is 12.5. The maximum atomic E-state index is 12.6. The molecule has 1 aliphatic heterocycles. The molecule has 3 rings (SSSR count). The van der Waals surface area contributed by atoms with Crippen LogP contribution in [0.25, 0.3) is 6.08 Å². The number of thioether (sulfide) groups is 1. The Bertz CT molecular complexity index is 910. The molecule has 1 aliphatic rings. The molecule has 0 bridgehead atoms. The largest absolute Gasteiger partial charge is 0.508 e. The number of ether oxygens (including phenoxy) is 1. The van der Waals surface area contributed by atoms with Crippen molar-refractivity contribution in [3.63, 3.8) is 0 Å². The standard InChI is InChI=1S/C18H14N2O4S2/c1-24-14-5-3-2-4-12(14)10-15-17(23)20(18(25)26-15)19-16(22)11-6-8-13(21)9-7-11/h2-10,21H,1H3,(H,19,22)/b15-10-. The Kier molecular flexibility index (Phi) is 5.24. The molecule has 1 saturated heterocycles. The van der Waals surface area contributed by atoms with E-state index < -0.39 is 11.8 Å². The van der Waals surface area contributed by atoms with Crippen molar-refractivity contribution < 1.29 is 19.4 Å². The van der Waals surface area contributed by atoms with E-state index in [1.807, 2.05) is 18.2 Å². The Morgan fingerprint density at radius 3 is 2.62 bits per heavy atom. The van der Waals surface area contributed by atoms with Crippen LogP contribution < -0.4 is 10.2 Å². The Morgan fingerprint density at radius 1 is 1.23 bits per heavy atom. The fraction of sp³-hybridized carbons (Fsp3) is 0.0556. The highest BCUT2D eigenvalue weighted by atomic mass is 32.2. The highest BCUT2D eigenvalue weighted by Crippen LogP contribution is 2.33. The number of nitrogens with one attached hydrogen (secondary N) is 1. The molecule has 0 unspecified atom stereocenters. The van der Waals surface area contributed by atoms with Crippen molar-refractivity contribution in [1.29, 1.82) is 0 Å². The molecule has 2 N–H and O–H groups in total. The molecule has 2 aromatic carbocycles. The van der Waals surface area contributed by atoms with Crippen LogP contribution in [0.2, 0.25) is 0 Å². The first-order valence-electron chi connectivity index (χ1n) is 7.50. The van der Waals surface area contributed by atoms with Crippen LogP contribution in [0.4, 0.5) is 0 Å². The second-order valence-electron chi connectivity index (χ2n) is 5.25.